The predicted octanol–water partition coefficient (Wildman–Crippen LogP) is 4.06. The van der Waals surface area contributed by atoms with E-state index in [-0.39, 0.29) is 0 Å². The van der Waals surface area contributed by atoms with E-state index in [0.29, 0.717) is 28.6 Å². The van der Waals surface area contributed by atoms with Gasteiger partial charge in [0.25, 0.3) is 0 Å². The van der Waals surface area contributed by atoms with Crippen molar-refractivity contribution >= 4 is 27.5 Å². The molecule has 2 rings (SSSR count). The van der Waals surface area contributed by atoms with Gasteiger partial charge in [0.1, 0.15) is 18.7 Å². The minimum atomic E-state index is 0.358. The first-order valence-electron chi connectivity index (χ1n) is 6.44. The topological polar surface area (TPSA) is 39.9 Å². The third kappa shape index (κ3) is 3.73. The van der Waals surface area contributed by atoms with Gasteiger partial charge in [-0.1, -0.05) is 53.5 Å². The molecule has 0 radical (unpaired) electrons. The molecule has 1 aromatic carbocycles. The first-order valence-corrected chi connectivity index (χ1v) is 7.94. The van der Waals surface area contributed by atoms with Crippen LogP contribution in [0.25, 0.3) is 0 Å². The van der Waals surface area contributed by atoms with Crippen molar-refractivity contribution in [2.24, 2.45) is 5.92 Å². The lowest BCUT2D eigenvalue weighted by molar-refractivity contribution is 0.281. The van der Waals surface area contributed by atoms with Crippen LogP contribution in [0, 0.1) is 5.92 Å². The van der Waals surface area contributed by atoms with Crippen molar-refractivity contribution in [2.75, 3.05) is 0 Å². The molecule has 4 nitrogen and oxygen atoms in total. The molecule has 0 atom stereocenters. The Morgan fingerprint density at radius 3 is 2.90 bits per heavy atom. The molecule has 0 aliphatic carbocycles. The standard InChI is InChI=1S/C14H17BrClN3O/c1-10(2)7-19-13(17-9-18-19)8-20-14-11(6-15)4-3-5-12(14)16/h3-5,9-10H,6-8H2,1-2H3. The van der Waals surface area contributed by atoms with Crippen LogP contribution in [-0.2, 0) is 18.5 Å². The minimum Gasteiger partial charge on any atom is -0.484 e. The SMILES string of the molecule is CC(C)Cn1ncnc1COc1c(Cl)cccc1CBr. The van der Waals surface area contributed by atoms with E-state index in [1.165, 1.54) is 0 Å². The Morgan fingerprint density at radius 2 is 2.20 bits per heavy atom. The molecule has 0 unspecified atom stereocenters. The average molecular weight is 359 g/mol. The van der Waals surface area contributed by atoms with E-state index in [1.807, 2.05) is 22.9 Å². The summed E-state index contributed by atoms with van der Waals surface area (Å²) in [5.74, 6) is 2.01. The van der Waals surface area contributed by atoms with Gasteiger partial charge in [0.05, 0.1) is 5.02 Å². The number of halogens is 2. The van der Waals surface area contributed by atoms with Gasteiger partial charge in [0.15, 0.2) is 5.82 Å². The molecule has 0 fully saturated rings. The van der Waals surface area contributed by atoms with Crippen LogP contribution >= 0.6 is 27.5 Å². The fourth-order valence-corrected chi connectivity index (χ4v) is 2.55. The molecule has 2 aromatic rings. The van der Waals surface area contributed by atoms with Crippen LogP contribution in [0.15, 0.2) is 24.5 Å². The molecule has 0 aliphatic rings. The lowest BCUT2D eigenvalue weighted by Gasteiger charge is -2.13. The van der Waals surface area contributed by atoms with Crippen molar-refractivity contribution in [1.29, 1.82) is 0 Å². The van der Waals surface area contributed by atoms with Gasteiger partial charge < -0.3 is 4.74 Å². The first-order chi connectivity index (χ1) is 9.61. The Hall–Kier alpha value is -1.07. The van der Waals surface area contributed by atoms with Gasteiger partial charge >= 0.3 is 0 Å². The van der Waals surface area contributed by atoms with Crippen molar-refractivity contribution in [3.63, 3.8) is 0 Å². The predicted molar refractivity (Wildman–Crippen MR) is 83.3 cm³/mol. The highest BCUT2D eigenvalue weighted by molar-refractivity contribution is 9.08. The smallest absolute Gasteiger partial charge is 0.164 e. The summed E-state index contributed by atoms with van der Waals surface area (Å²) in [5.41, 5.74) is 1.02. The van der Waals surface area contributed by atoms with Crippen LogP contribution < -0.4 is 4.74 Å². The average Bonchev–Trinajstić information content (AvgIpc) is 2.83. The van der Waals surface area contributed by atoms with Crippen LogP contribution in [0.1, 0.15) is 25.2 Å². The summed E-state index contributed by atoms with van der Waals surface area (Å²) < 4.78 is 7.71. The third-order valence-electron chi connectivity index (χ3n) is 2.77. The molecule has 0 saturated heterocycles. The zero-order chi connectivity index (χ0) is 14.5. The van der Waals surface area contributed by atoms with Crippen LogP contribution in [0.3, 0.4) is 0 Å². The number of hydrogen-bond acceptors (Lipinski definition) is 3. The number of nitrogens with zero attached hydrogens (tertiary/aromatic N) is 3. The summed E-state index contributed by atoms with van der Waals surface area (Å²) in [4.78, 5) is 4.24. The van der Waals surface area contributed by atoms with E-state index in [1.54, 1.807) is 6.33 Å². The van der Waals surface area contributed by atoms with Gasteiger partial charge in [-0.2, -0.15) is 5.10 Å². The van der Waals surface area contributed by atoms with Crippen LogP contribution in [0.2, 0.25) is 5.02 Å². The summed E-state index contributed by atoms with van der Waals surface area (Å²) in [6, 6.07) is 5.71. The van der Waals surface area contributed by atoms with Gasteiger partial charge in [0.2, 0.25) is 0 Å². The number of rotatable bonds is 6. The summed E-state index contributed by atoms with van der Waals surface area (Å²) in [6.45, 7) is 5.47. The molecule has 0 saturated carbocycles. The zero-order valence-electron chi connectivity index (χ0n) is 11.5. The lowest BCUT2D eigenvalue weighted by atomic mass is 10.2. The molecule has 20 heavy (non-hydrogen) atoms. The van der Waals surface area contributed by atoms with Gasteiger partial charge in [-0.25, -0.2) is 9.67 Å². The first kappa shape index (κ1) is 15.3. The molecule has 108 valence electrons. The molecule has 0 amide bonds. The fraction of sp³-hybridized carbons (Fsp3) is 0.429. The van der Waals surface area contributed by atoms with Crippen molar-refractivity contribution in [1.82, 2.24) is 14.8 Å². The second-order valence-electron chi connectivity index (χ2n) is 4.90. The van der Waals surface area contributed by atoms with E-state index in [2.05, 4.69) is 39.9 Å². The van der Waals surface area contributed by atoms with Crippen LogP contribution in [0.5, 0.6) is 5.75 Å². The Kier molecular flexibility index (Phi) is 5.43. The molecule has 0 bridgehead atoms. The van der Waals surface area contributed by atoms with Crippen LogP contribution in [-0.4, -0.2) is 14.8 Å². The quantitative estimate of drug-likeness (QED) is 0.731. The second kappa shape index (κ2) is 7.09. The highest BCUT2D eigenvalue weighted by Gasteiger charge is 2.11. The van der Waals surface area contributed by atoms with Gasteiger partial charge in [0, 0.05) is 17.4 Å². The zero-order valence-corrected chi connectivity index (χ0v) is 13.9. The van der Waals surface area contributed by atoms with E-state index in [0.717, 1.165) is 17.9 Å². The molecule has 0 N–H and O–H groups in total. The van der Waals surface area contributed by atoms with E-state index >= 15 is 0 Å². The maximum absolute atomic E-state index is 6.18. The fourth-order valence-electron chi connectivity index (χ4n) is 1.86. The summed E-state index contributed by atoms with van der Waals surface area (Å²) in [6.07, 6.45) is 1.55. The Bertz CT molecular complexity index is 571. The largest absolute Gasteiger partial charge is 0.484 e. The number of benzene rings is 1. The third-order valence-corrected chi connectivity index (χ3v) is 3.67. The number of aromatic nitrogens is 3. The maximum atomic E-state index is 6.18. The van der Waals surface area contributed by atoms with Crippen molar-refractivity contribution in [3.8, 4) is 5.75 Å². The number of ether oxygens (including phenoxy) is 1. The van der Waals surface area contributed by atoms with Crippen molar-refractivity contribution < 1.29 is 4.74 Å². The molecular weight excluding hydrogens is 342 g/mol. The van der Waals surface area contributed by atoms with E-state index < -0.39 is 0 Å². The van der Waals surface area contributed by atoms with Crippen LogP contribution in [0.4, 0.5) is 0 Å². The highest BCUT2D eigenvalue weighted by Crippen LogP contribution is 2.30. The van der Waals surface area contributed by atoms with Crippen molar-refractivity contribution in [3.05, 3.63) is 40.9 Å². The van der Waals surface area contributed by atoms with Crippen molar-refractivity contribution in [2.45, 2.75) is 32.3 Å². The summed E-state index contributed by atoms with van der Waals surface area (Å²) in [7, 11) is 0. The molecule has 0 spiro atoms. The number of alkyl halides is 1. The summed E-state index contributed by atoms with van der Waals surface area (Å²) >= 11 is 9.62. The molecular formula is C14H17BrClN3O. The van der Waals surface area contributed by atoms with E-state index in [4.69, 9.17) is 16.3 Å². The number of para-hydroxylation sites is 1. The van der Waals surface area contributed by atoms with Gasteiger partial charge in [-0.15, -0.1) is 0 Å². The highest BCUT2D eigenvalue weighted by atomic mass is 79.9. The monoisotopic (exact) mass is 357 g/mol. The Balaban J connectivity index is 2.11. The van der Waals surface area contributed by atoms with E-state index in [9.17, 15) is 0 Å². The maximum Gasteiger partial charge on any atom is 0.164 e. The summed E-state index contributed by atoms with van der Waals surface area (Å²) in [5, 5.41) is 5.52. The molecule has 1 heterocycles. The van der Waals surface area contributed by atoms with Gasteiger partial charge in [-0.3, -0.25) is 0 Å². The molecule has 1 aromatic heterocycles. The van der Waals surface area contributed by atoms with Gasteiger partial charge in [-0.05, 0) is 12.0 Å². The lowest BCUT2D eigenvalue weighted by Crippen LogP contribution is -2.12. The molecule has 6 heteroatoms. The second-order valence-corrected chi connectivity index (χ2v) is 5.87. The number of hydrogen-bond donors (Lipinski definition) is 0. The normalized spacial score (nSPS) is 11.1. The Morgan fingerprint density at radius 1 is 1.40 bits per heavy atom. The minimum absolute atomic E-state index is 0.358. The molecule has 0 aliphatic heterocycles. The Labute approximate surface area is 132 Å².